The van der Waals surface area contributed by atoms with E-state index in [4.69, 9.17) is 14.2 Å². The Morgan fingerprint density at radius 1 is 0.373 bits per heavy atom. The molecule has 0 heterocycles. The van der Waals surface area contributed by atoms with Gasteiger partial charge in [0.25, 0.3) is 0 Å². The van der Waals surface area contributed by atoms with Crippen molar-refractivity contribution in [3.05, 3.63) is 0 Å². The Hall–Kier alpha value is -1.59. The topological polar surface area (TPSA) is 78.9 Å². The molecule has 0 rings (SSSR count). The van der Waals surface area contributed by atoms with E-state index in [9.17, 15) is 14.4 Å². The molecule has 0 bridgehead atoms. The molecule has 0 unspecified atom stereocenters. The number of carbonyl (C=O) groups excluding carboxylic acids is 3. The highest BCUT2D eigenvalue weighted by Crippen LogP contribution is 2.16. The van der Waals surface area contributed by atoms with Crippen LogP contribution < -0.4 is 0 Å². The zero-order valence-corrected chi connectivity index (χ0v) is 34.6. The van der Waals surface area contributed by atoms with Gasteiger partial charge in [0.15, 0.2) is 6.10 Å². The van der Waals surface area contributed by atoms with Crippen molar-refractivity contribution in [3.8, 4) is 0 Å². The number of carbonyl (C=O) groups is 3. The lowest BCUT2D eigenvalue weighted by Crippen LogP contribution is -2.30. The first kappa shape index (κ1) is 49.4. The highest BCUT2D eigenvalue weighted by atomic mass is 16.6. The average Bonchev–Trinajstić information content (AvgIpc) is 3.11. The summed E-state index contributed by atoms with van der Waals surface area (Å²) >= 11 is 0. The van der Waals surface area contributed by atoms with E-state index in [1.54, 1.807) is 0 Å². The largest absolute Gasteiger partial charge is 0.462 e. The maximum absolute atomic E-state index is 12.7. The molecule has 1 atom stereocenters. The summed E-state index contributed by atoms with van der Waals surface area (Å²) in [6, 6.07) is 0. The highest BCUT2D eigenvalue weighted by molar-refractivity contribution is 5.71. The second kappa shape index (κ2) is 39.6. The van der Waals surface area contributed by atoms with Gasteiger partial charge in [-0.3, -0.25) is 14.4 Å². The zero-order chi connectivity index (χ0) is 37.5. The van der Waals surface area contributed by atoms with E-state index < -0.39 is 6.10 Å². The second-order valence-electron chi connectivity index (χ2n) is 15.8. The molecule has 6 heteroatoms. The van der Waals surface area contributed by atoms with Gasteiger partial charge in [0.05, 0.1) is 0 Å². The summed E-state index contributed by atoms with van der Waals surface area (Å²) in [5.41, 5.74) is 0. The standard InChI is InChI=1S/C45H86O6/c1-5-7-9-11-13-15-16-17-21-26-30-34-38-45(48)51-42(39-49-43(46)36-32-28-24-19-14-12-10-8-6-2)40-50-44(47)37-33-29-25-22-18-20-23-27-31-35-41(3)4/h41-42H,5-40H2,1-4H3/t42-/m0/s1. The molecule has 0 aromatic heterocycles. The fraction of sp³-hybridized carbons (Fsp3) is 0.933. The van der Waals surface area contributed by atoms with Crippen molar-refractivity contribution in [2.75, 3.05) is 13.2 Å². The van der Waals surface area contributed by atoms with Gasteiger partial charge in [0.1, 0.15) is 13.2 Å². The summed E-state index contributed by atoms with van der Waals surface area (Å²) in [6.07, 6.45) is 38.0. The molecule has 0 amide bonds. The van der Waals surface area contributed by atoms with Gasteiger partial charge in [-0.2, -0.15) is 0 Å². The van der Waals surface area contributed by atoms with E-state index in [0.29, 0.717) is 19.3 Å². The van der Waals surface area contributed by atoms with Gasteiger partial charge in [0, 0.05) is 19.3 Å². The number of rotatable bonds is 40. The minimum Gasteiger partial charge on any atom is -0.462 e. The van der Waals surface area contributed by atoms with Gasteiger partial charge in [-0.1, -0.05) is 207 Å². The average molecular weight is 723 g/mol. The van der Waals surface area contributed by atoms with Crippen LogP contribution in [0.3, 0.4) is 0 Å². The van der Waals surface area contributed by atoms with Gasteiger partial charge in [-0.15, -0.1) is 0 Å². The van der Waals surface area contributed by atoms with E-state index in [-0.39, 0.29) is 31.1 Å². The number of unbranched alkanes of at least 4 members (excludes halogenated alkanes) is 27. The first-order valence-corrected chi connectivity index (χ1v) is 22.4. The summed E-state index contributed by atoms with van der Waals surface area (Å²) < 4.78 is 16.7. The van der Waals surface area contributed by atoms with Crippen LogP contribution in [-0.2, 0) is 28.6 Å². The number of ether oxygens (including phenoxy) is 3. The Balaban J connectivity index is 4.32. The molecular formula is C45H86O6. The van der Waals surface area contributed by atoms with Gasteiger partial charge >= 0.3 is 17.9 Å². The Kier molecular flexibility index (Phi) is 38.4. The third-order valence-electron chi connectivity index (χ3n) is 10.0. The van der Waals surface area contributed by atoms with E-state index in [1.807, 2.05) is 0 Å². The maximum Gasteiger partial charge on any atom is 0.306 e. The maximum atomic E-state index is 12.7. The third kappa shape index (κ3) is 39.5. The highest BCUT2D eigenvalue weighted by Gasteiger charge is 2.19. The fourth-order valence-electron chi connectivity index (χ4n) is 6.63. The Labute approximate surface area is 317 Å². The van der Waals surface area contributed by atoms with Crippen LogP contribution in [0.25, 0.3) is 0 Å². The Morgan fingerprint density at radius 2 is 0.647 bits per heavy atom. The molecule has 0 aliphatic heterocycles. The predicted octanol–water partition coefficient (Wildman–Crippen LogP) is 13.9. The van der Waals surface area contributed by atoms with Crippen molar-refractivity contribution in [3.63, 3.8) is 0 Å². The number of hydrogen-bond donors (Lipinski definition) is 0. The van der Waals surface area contributed by atoms with Crippen LogP contribution in [0.2, 0.25) is 0 Å². The van der Waals surface area contributed by atoms with Crippen molar-refractivity contribution in [2.45, 2.75) is 252 Å². The molecule has 0 aromatic carbocycles. The first-order chi connectivity index (χ1) is 24.9. The molecule has 0 N–H and O–H groups in total. The predicted molar refractivity (Wildman–Crippen MR) is 215 cm³/mol. The van der Waals surface area contributed by atoms with Crippen molar-refractivity contribution in [2.24, 2.45) is 5.92 Å². The molecule has 0 aliphatic rings. The lowest BCUT2D eigenvalue weighted by atomic mass is 10.0. The van der Waals surface area contributed by atoms with Crippen LogP contribution in [0.5, 0.6) is 0 Å². The monoisotopic (exact) mass is 723 g/mol. The Bertz CT molecular complexity index is 766. The molecule has 0 saturated heterocycles. The van der Waals surface area contributed by atoms with Crippen LogP contribution >= 0.6 is 0 Å². The van der Waals surface area contributed by atoms with Gasteiger partial charge < -0.3 is 14.2 Å². The van der Waals surface area contributed by atoms with E-state index in [0.717, 1.165) is 63.7 Å². The molecule has 0 spiro atoms. The van der Waals surface area contributed by atoms with Crippen LogP contribution in [0.4, 0.5) is 0 Å². The third-order valence-corrected chi connectivity index (χ3v) is 10.0. The SMILES string of the molecule is CCCCCCCCCCCCCCC(=O)O[C@@H](COC(=O)CCCCCCCCCCC)COC(=O)CCCCCCCCCCCC(C)C. The van der Waals surface area contributed by atoms with E-state index in [2.05, 4.69) is 27.7 Å². The number of hydrogen-bond acceptors (Lipinski definition) is 6. The summed E-state index contributed by atoms with van der Waals surface area (Å²) in [7, 11) is 0. The minimum atomic E-state index is -0.758. The molecular weight excluding hydrogens is 636 g/mol. The van der Waals surface area contributed by atoms with Gasteiger partial charge in [-0.25, -0.2) is 0 Å². The minimum absolute atomic E-state index is 0.0643. The number of esters is 3. The molecule has 51 heavy (non-hydrogen) atoms. The van der Waals surface area contributed by atoms with Crippen molar-refractivity contribution >= 4 is 17.9 Å². The van der Waals surface area contributed by atoms with Crippen molar-refractivity contribution in [1.82, 2.24) is 0 Å². The lowest BCUT2D eigenvalue weighted by molar-refractivity contribution is -0.167. The van der Waals surface area contributed by atoms with E-state index in [1.165, 1.54) is 141 Å². The van der Waals surface area contributed by atoms with Gasteiger partial charge in [-0.05, 0) is 25.2 Å². The molecule has 302 valence electrons. The molecule has 0 radical (unpaired) electrons. The summed E-state index contributed by atoms with van der Waals surface area (Å²) in [4.78, 5) is 37.6. The van der Waals surface area contributed by atoms with Crippen molar-refractivity contribution in [1.29, 1.82) is 0 Å². The summed E-state index contributed by atoms with van der Waals surface area (Å²) in [5.74, 6) is -0.0497. The normalized spacial score (nSPS) is 11.9. The van der Waals surface area contributed by atoms with Gasteiger partial charge in [0.2, 0.25) is 0 Å². The summed E-state index contributed by atoms with van der Waals surface area (Å²) in [5, 5.41) is 0. The fourth-order valence-corrected chi connectivity index (χ4v) is 6.63. The smallest absolute Gasteiger partial charge is 0.306 e. The molecule has 6 nitrogen and oxygen atoms in total. The molecule has 0 aromatic rings. The second-order valence-corrected chi connectivity index (χ2v) is 15.8. The lowest BCUT2D eigenvalue weighted by Gasteiger charge is -2.18. The first-order valence-electron chi connectivity index (χ1n) is 22.4. The summed E-state index contributed by atoms with van der Waals surface area (Å²) in [6.45, 7) is 8.95. The van der Waals surface area contributed by atoms with Crippen LogP contribution in [0.1, 0.15) is 246 Å². The molecule has 0 fully saturated rings. The molecule has 0 aliphatic carbocycles. The zero-order valence-electron chi connectivity index (χ0n) is 34.6. The van der Waals surface area contributed by atoms with Crippen LogP contribution in [0.15, 0.2) is 0 Å². The molecule has 0 saturated carbocycles. The van der Waals surface area contributed by atoms with Crippen LogP contribution in [0, 0.1) is 5.92 Å². The quantitative estimate of drug-likeness (QED) is 0.0356. The Morgan fingerprint density at radius 3 is 0.961 bits per heavy atom. The van der Waals surface area contributed by atoms with E-state index >= 15 is 0 Å². The van der Waals surface area contributed by atoms with Crippen molar-refractivity contribution < 1.29 is 28.6 Å². The van der Waals surface area contributed by atoms with Crippen LogP contribution in [-0.4, -0.2) is 37.2 Å².